The number of carbonyl (C=O) groups is 3. The van der Waals surface area contributed by atoms with Crippen molar-refractivity contribution in [2.24, 2.45) is 0 Å². The van der Waals surface area contributed by atoms with E-state index in [1.807, 2.05) is 13.0 Å². The second kappa shape index (κ2) is 11.4. The van der Waals surface area contributed by atoms with Gasteiger partial charge in [-0.25, -0.2) is 4.98 Å². The lowest BCUT2D eigenvalue weighted by Crippen LogP contribution is -2.46. The van der Waals surface area contributed by atoms with Crippen molar-refractivity contribution in [3.8, 4) is 0 Å². The van der Waals surface area contributed by atoms with Gasteiger partial charge in [-0.05, 0) is 37.5 Å². The van der Waals surface area contributed by atoms with E-state index in [1.54, 1.807) is 24.3 Å². The molecule has 0 spiro atoms. The number of aromatic nitrogens is 1. The van der Waals surface area contributed by atoms with Crippen molar-refractivity contribution in [2.45, 2.75) is 51.5 Å². The monoisotopic (exact) mass is 390 g/mol. The number of methoxy groups -OCH3 is 1. The zero-order chi connectivity index (χ0) is 20.4. The SMILES string of the molecule is COCCNC(=O)CN(C(=O)CCC(=O)Nc1cc(C)ccn1)C1CCCC1. The fourth-order valence-electron chi connectivity index (χ4n) is 3.31. The minimum atomic E-state index is -0.262. The highest BCUT2D eigenvalue weighted by Gasteiger charge is 2.28. The molecule has 1 aromatic rings. The summed E-state index contributed by atoms with van der Waals surface area (Å²) in [5.41, 5.74) is 0.994. The van der Waals surface area contributed by atoms with Crippen LogP contribution in [0, 0.1) is 6.92 Å². The first-order chi connectivity index (χ1) is 13.5. The molecule has 0 atom stereocenters. The molecule has 8 nitrogen and oxygen atoms in total. The molecule has 0 radical (unpaired) electrons. The van der Waals surface area contributed by atoms with E-state index in [0.29, 0.717) is 19.0 Å². The summed E-state index contributed by atoms with van der Waals surface area (Å²) in [6.07, 6.45) is 5.66. The van der Waals surface area contributed by atoms with Gasteiger partial charge in [-0.15, -0.1) is 0 Å². The molecule has 1 aliphatic carbocycles. The number of anilines is 1. The summed E-state index contributed by atoms with van der Waals surface area (Å²) in [5, 5.41) is 5.46. The number of carbonyl (C=O) groups excluding carboxylic acids is 3. The molecule has 28 heavy (non-hydrogen) atoms. The molecule has 1 saturated carbocycles. The Labute approximate surface area is 166 Å². The van der Waals surface area contributed by atoms with E-state index in [4.69, 9.17) is 4.74 Å². The van der Waals surface area contributed by atoms with Gasteiger partial charge in [-0.1, -0.05) is 12.8 Å². The van der Waals surface area contributed by atoms with E-state index in [-0.39, 0.29) is 43.1 Å². The van der Waals surface area contributed by atoms with Crippen LogP contribution >= 0.6 is 0 Å². The van der Waals surface area contributed by atoms with E-state index < -0.39 is 0 Å². The molecule has 8 heteroatoms. The largest absolute Gasteiger partial charge is 0.383 e. The number of nitrogens with zero attached hydrogens (tertiary/aromatic N) is 2. The molecule has 1 fully saturated rings. The molecule has 2 rings (SSSR count). The molecular formula is C20H30N4O4. The molecule has 1 aromatic heterocycles. The summed E-state index contributed by atoms with van der Waals surface area (Å²) in [7, 11) is 1.57. The van der Waals surface area contributed by atoms with Crippen molar-refractivity contribution < 1.29 is 19.1 Å². The number of hydrogen-bond acceptors (Lipinski definition) is 5. The van der Waals surface area contributed by atoms with Gasteiger partial charge in [0.2, 0.25) is 17.7 Å². The smallest absolute Gasteiger partial charge is 0.239 e. The zero-order valence-corrected chi connectivity index (χ0v) is 16.7. The number of amides is 3. The summed E-state index contributed by atoms with van der Waals surface area (Å²) >= 11 is 0. The van der Waals surface area contributed by atoms with Crippen LogP contribution in [-0.2, 0) is 19.1 Å². The van der Waals surface area contributed by atoms with Crippen molar-refractivity contribution >= 4 is 23.5 Å². The summed E-state index contributed by atoms with van der Waals surface area (Å²) in [6.45, 7) is 2.77. The van der Waals surface area contributed by atoms with Crippen LogP contribution in [0.25, 0.3) is 0 Å². The Hall–Kier alpha value is -2.48. The van der Waals surface area contributed by atoms with Gasteiger partial charge in [0.1, 0.15) is 5.82 Å². The average Bonchev–Trinajstić information content (AvgIpc) is 3.19. The Morgan fingerprint density at radius 2 is 1.96 bits per heavy atom. The van der Waals surface area contributed by atoms with Crippen molar-refractivity contribution in [3.63, 3.8) is 0 Å². The number of nitrogens with one attached hydrogen (secondary N) is 2. The second-order valence-corrected chi connectivity index (χ2v) is 7.07. The maximum Gasteiger partial charge on any atom is 0.239 e. The molecule has 2 N–H and O–H groups in total. The molecule has 1 heterocycles. The normalized spacial score (nSPS) is 13.9. The molecule has 1 aliphatic rings. The number of hydrogen-bond donors (Lipinski definition) is 2. The number of pyridine rings is 1. The first-order valence-electron chi connectivity index (χ1n) is 9.77. The quantitative estimate of drug-likeness (QED) is 0.592. The van der Waals surface area contributed by atoms with Gasteiger partial charge in [0, 0.05) is 38.7 Å². The van der Waals surface area contributed by atoms with Crippen molar-refractivity contribution in [3.05, 3.63) is 23.9 Å². The highest BCUT2D eigenvalue weighted by Crippen LogP contribution is 2.24. The van der Waals surface area contributed by atoms with Crippen molar-refractivity contribution in [1.29, 1.82) is 0 Å². The third kappa shape index (κ3) is 7.26. The van der Waals surface area contributed by atoms with E-state index >= 15 is 0 Å². The molecule has 3 amide bonds. The van der Waals surface area contributed by atoms with E-state index in [1.165, 1.54) is 0 Å². The van der Waals surface area contributed by atoms with Crippen LogP contribution in [0.4, 0.5) is 5.82 Å². The van der Waals surface area contributed by atoms with E-state index in [2.05, 4.69) is 15.6 Å². The minimum absolute atomic E-state index is 0.0221. The van der Waals surface area contributed by atoms with Crippen LogP contribution < -0.4 is 10.6 Å². The second-order valence-electron chi connectivity index (χ2n) is 7.07. The predicted octanol–water partition coefficient (Wildman–Crippen LogP) is 1.64. The van der Waals surface area contributed by atoms with Crippen molar-refractivity contribution in [2.75, 3.05) is 32.1 Å². The van der Waals surface area contributed by atoms with Gasteiger partial charge in [0.05, 0.1) is 13.2 Å². The molecule has 0 saturated heterocycles. The van der Waals surface area contributed by atoms with E-state index in [0.717, 1.165) is 31.2 Å². The van der Waals surface area contributed by atoms with Crippen LogP contribution in [0.5, 0.6) is 0 Å². The fraction of sp³-hybridized carbons (Fsp3) is 0.600. The lowest BCUT2D eigenvalue weighted by atomic mass is 10.1. The lowest BCUT2D eigenvalue weighted by molar-refractivity contribution is -0.139. The van der Waals surface area contributed by atoms with Gasteiger partial charge in [0.25, 0.3) is 0 Å². The third-order valence-corrected chi connectivity index (χ3v) is 4.78. The van der Waals surface area contributed by atoms with Gasteiger partial charge in [-0.2, -0.15) is 0 Å². The Morgan fingerprint density at radius 3 is 2.64 bits per heavy atom. The van der Waals surface area contributed by atoms with Crippen LogP contribution in [-0.4, -0.2) is 60.5 Å². The Kier molecular flexibility index (Phi) is 8.87. The van der Waals surface area contributed by atoms with Crippen LogP contribution in [0.3, 0.4) is 0 Å². The van der Waals surface area contributed by atoms with Crippen LogP contribution in [0.1, 0.15) is 44.1 Å². The first-order valence-corrected chi connectivity index (χ1v) is 9.77. The van der Waals surface area contributed by atoms with Crippen LogP contribution in [0.2, 0.25) is 0 Å². The maximum atomic E-state index is 12.7. The van der Waals surface area contributed by atoms with Crippen molar-refractivity contribution in [1.82, 2.24) is 15.2 Å². The third-order valence-electron chi connectivity index (χ3n) is 4.78. The van der Waals surface area contributed by atoms with Gasteiger partial charge in [-0.3, -0.25) is 14.4 Å². The highest BCUT2D eigenvalue weighted by molar-refractivity contribution is 5.93. The van der Waals surface area contributed by atoms with Gasteiger partial charge in [0.15, 0.2) is 0 Å². The Bertz CT molecular complexity index is 674. The Balaban J connectivity index is 1.86. The molecular weight excluding hydrogens is 360 g/mol. The summed E-state index contributed by atoms with van der Waals surface area (Å²) < 4.78 is 4.92. The maximum absolute atomic E-state index is 12.7. The first kappa shape index (κ1) is 21.8. The number of aryl methyl sites for hydroxylation is 1. The zero-order valence-electron chi connectivity index (χ0n) is 16.7. The van der Waals surface area contributed by atoms with Gasteiger partial charge < -0.3 is 20.3 Å². The summed E-state index contributed by atoms with van der Waals surface area (Å²) in [4.78, 5) is 42.8. The van der Waals surface area contributed by atoms with Gasteiger partial charge >= 0.3 is 0 Å². The Morgan fingerprint density at radius 1 is 1.21 bits per heavy atom. The molecule has 154 valence electrons. The standard InChI is InChI=1S/C20H30N4O4/c1-15-9-10-21-17(13-15)23-18(25)7-8-20(27)24(16-5-3-4-6-16)14-19(26)22-11-12-28-2/h9-10,13,16H,3-8,11-12,14H2,1-2H3,(H,22,26)(H,21,23,25). The molecule has 0 aliphatic heterocycles. The number of ether oxygens (including phenoxy) is 1. The fourth-order valence-corrected chi connectivity index (χ4v) is 3.31. The average molecular weight is 390 g/mol. The topological polar surface area (TPSA) is 101 Å². The van der Waals surface area contributed by atoms with E-state index in [9.17, 15) is 14.4 Å². The molecule has 0 aromatic carbocycles. The highest BCUT2D eigenvalue weighted by atomic mass is 16.5. The summed E-state index contributed by atoms with van der Waals surface area (Å²) in [5.74, 6) is -0.156. The summed E-state index contributed by atoms with van der Waals surface area (Å²) in [6, 6.07) is 3.69. The van der Waals surface area contributed by atoms with Crippen LogP contribution in [0.15, 0.2) is 18.3 Å². The number of rotatable bonds is 10. The molecule has 0 unspecified atom stereocenters. The molecule has 0 bridgehead atoms. The minimum Gasteiger partial charge on any atom is -0.383 e. The lowest BCUT2D eigenvalue weighted by Gasteiger charge is -2.28. The predicted molar refractivity (Wildman–Crippen MR) is 106 cm³/mol.